The Hall–Kier alpha value is -3.14. The van der Waals surface area contributed by atoms with Gasteiger partial charge in [0.2, 0.25) is 0 Å². The first-order chi connectivity index (χ1) is 14.5. The van der Waals surface area contributed by atoms with E-state index in [0.717, 1.165) is 58.5 Å². The van der Waals surface area contributed by atoms with Crippen molar-refractivity contribution in [1.82, 2.24) is 4.98 Å². The quantitative estimate of drug-likeness (QED) is 0.600. The number of anilines is 1. The highest BCUT2D eigenvalue weighted by Crippen LogP contribution is 2.47. The fourth-order valence-electron chi connectivity index (χ4n) is 4.22. The molecule has 30 heavy (non-hydrogen) atoms. The monoisotopic (exact) mass is 401 g/mol. The topological polar surface area (TPSA) is 50.9 Å². The second kappa shape index (κ2) is 8.31. The average Bonchev–Trinajstić information content (AvgIpc) is 3.43. The van der Waals surface area contributed by atoms with Crippen LogP contribution in [0.1, 0.15) is 37.4 Å². The van der Waals surface area contributed by atoms with Gasteiger partial charge in [0, 0.05) is 17.3 Å². The maximum absolute atomic E-state index is 15.2. The van der Waals surface area contributed by atoms with Gasteiger partial charge in [-0.05, 0) is 60.8 Å². The second-order valence-corrected chi connectivity index (χ2v) is 8.27. The van der Waals surface area contributed by atoms with Crippen LogP contribution in [0.4, 0.5) is 10.1 Å². The average molecular weight is 402 g/mol. The van der Waals surface area contributed by atoms with Crippen molar-refractivity contribution in [3.63, 3.8) is 0 Å². The van der Waals surface area contributed by atoms with E-state index in [4.69, 9.17) is 10.7 Å². The van der Waals surface area contributed by atoms with E-state index in [-0.39, 0.29) is 5.83 Å². The third kappa shape index (κ3) is 4.09. The Balaban J connectivity index is 1.82. The van der Waals surface area contributed by atoms with E-state index < -0.39 is 0 Å². The first-order valence-electron chi connectivity index (χ1n) is 10.5. The predicted octanol–water partition coefficient (Wildman–Crippen LogP) is 6.51. The third-order valence-corrected chi connectivity index (χ3v) is 5.99. The van der Waals surface area contributed by atoms with Gasteiger partial charge in [-0.3, -0.25) is 4.98 Å². The number of hydrogen-bond acceptors (Lipinski definition) is 3. The molecule has 0 bridgehead atoms. The minimum Gasteiger partial charge on any atom is -0.386 e. The lowest BCUT2D eigenvalue weighted by molar-refractivity contribution is 0.621. The standard InChI is InChI=1S/C26H28FN3/c1-16-13-22(16)21-12-8-7-11-20(14-24(21)27)25-17(2)26(30-18(3)28)23(15-29-25)19-9-5-4-6-10-19/h4-7,9-11,14-16,22H,3,8,12-13,28H2,1-2H3,(H,29,30)/b11-7-,20-14+,24-21-. The number of nitrogens with two attached hydrogens (primary N) is 1. The fraction of sp³-hybridized carbons (Fsp3) is 0.269. The molecule has 2 unspecified atom stereocenters. The van der Waals surface area contributed by atoms with Crippen LogP contribution in [0.2, 0.25) is 0 Å². The van der Waals surface area contributed by atoms with Crippen LogP contribution in [0.5, 0.6) is 0 Å². The van der Waals surface area contributed by atoms with Gasteiger partial charge >= 0.3 is 0 Å². The van der Waals surface area contributed by atoms with E-state index in [2.05, 4.69) is 24.9 Å². The highest BCUT2D eigenvalue weighted by atomic mass is 19.1. The molecule has 1 saturated carbocycles. The molecule has 0 saturated heterocycles. The largest absolute Gasteiger partial charge is 0.386 e. The summed E-state index contributed by atoms with van der Waals surface area (Å²) in [6.07, 6.45) is 10.3. The Morgan fingerprint density at radius 3 is 2.67 bits per heavy atom. The highest BCUT2D eigenvalue weighted by Gasteiger charge is 2.37. The molecule has 1 aromatic carbocycles. The summed E-state index contributed by atoms with van der Waals surface area (Å²) >= 11 is 0. The van der Waals surface area contributed by atoms with Crippen LogP contribution in [0.15, 0.2) is 78.6 Å². The molecule has 154 valence electrons. The molecule has 0 aliphatic heterocycles. The number of rotatable bonds is 5. The Morgan fingerprint density at radius 1 is 1.27 bits per heavy atom. The van der Waals surface area contributed by atoms with Crippen LogP contribution in [-0.2, 0) is 0 Å². The van der Waals surface area contributed by atoms with Gasteiger partial charge in [-0.15, -0.1) is 0 Å². The van der Waals surface area contributed by atoms with Crippen molar-refractivity contribution in [2.75, 3.05) is 5.32 Å². The predicted molar refractivity (Wildman–Crippen MR) is 123 cm³/mol. The molecule has 3 nitrogen and oxygen atoms in total. The number of halogens is 1. The number of nitrogens with one attached hydrogen (secondary N) is 1. The highest BCUT2D eigenvalue weighted by molar-refractivity contribution is 5.86. The summed E-state index contributed by atoms with van der Waals surface area (Å²) in [4.78, 5) is 4.73. The minimum absolute atomic E-state index is 0.102. The number of aromatic nitrogens is 1. The van der Waals surface area contributed by atoms with Crippen LogP contribution in [0.3, 0.4) is 0 Å². The van der Waals surface area contributed by atoms with Crippen molar-refractivity contribution in [3.8, 4) is 11.1 Å². The minimum atomic E-state index is -0.102. The zero-order chi connectivity index (χ0) is 21.3. The molecule has 0 amide bonds. The molecule has 2 atom stereocenters. The molecule has 1 fully saturated rings. The summed E-state index contributed by atoms with van der Waals surface area (Å²) in [6.45, 7) is 7.98. The third-order valence-electron chi connectivity index (χ3n) is 5.99. The lowest BCUT2D eigenvalue weighted by Gasteiger charge is -2.18. The van der Waals surface area contributed by atoms with Gasteiger partial charge in [-0.1, -0.05) is 56.0 Å². The number of benzene rings is 1. The molecule has 0 radical (unpaired) electrons. The summed E-state index contributed by atoms with van der Waals surface area (Å²) in [6, 6.07) is 10.0. The van der Waals surface area contributed by atoms with Crippen LogP contribution in [0.25, 0.3) is 16.7 Å². The van der Waals surface area contributed by atoms with Crippen molar-refractivity contribution in [3.05, 3.63) is 89.8 Å². The molecule has 2 aromatic rings. The van der Waals surface area contributed by atoms with Gasteiger partial charge in [0.05, 0.1) is 17.2 Å². The SMILES string of the molecule is C=C(N)Nc1c(-c2ccccc2)cnc(C2=C/C(F)=C(/C3CC3C)CC/C=C\2)c1C. The van der Waals surface area contributed by atoms with Gasteiger partial charge in [0.1, 0.15) is 5.83 Å². The van der Waals surface area contributed by atoms with Crippen molar-refractivity contribution in [2.45, 2.75) is 33.1 Å². The first-order valence-corrected chi connectivity index (χ1v) is 10.5. The molecule has 0 spiro atoms. The summed E-state index contributed by atoms with van der Waals surface area (Å²) in [5.41, 5.74) is 12.1. The van der Waals surface area contributed by atoms with Crippen molar-refractivity contribution >= 4 is 11.3 Å². The van der Waals surface area contributed by atoms with Gasteiger partial charge in [0.15, 0.2) is 0 Å². The summed E-state index contributed by atoms with van der Waals surface area (Å²) in [5, 5.41) is 3.19. The smallest absolute Gasteiger partial charge is 0.123 e. The molecular formula is C26H28FN3. The van der Waals surface area contributed by atoms with Gasteiger partial charge in [-0.25, -0.2) is 4.39 Å². The number of hydrogen-bond donors (Lipinski definition) is 2. The molecular weight excluding hydrogens is 373 g/mol. The summed E-state index contributed by atoms with van der Waals surface area (Å²) < 4.78 is 15.2. The van der Waals surface area contributed by atoms with Gasteiger partial charge < -0.3 is 11.1 Å². The van der Waals surface area contributed by atoms with E-state index in [9.17, 15) is 0 Å². The summed E-state index contributed by atoms with van der Waals surface area (Å²) in [5.74, 6) is 1.23. The molecule has 1 heterocycles. The Labute approximate surface area is 177 Å². The molecule has 1 aromatic heterocycles. The number of pyridine rings is 1. The zero-order valence-corrected chi connectivity index (χ0v) is 17.6. The number of allylic oxidation sites excluding steroid dienone is 6. The van der Waals surface area contributed by atoms with E-state index in [1.807, 2.05) is 49.5 Å². The van der Waals surface area contributed by atoms with Crippen LogP contribution in [0, 0.1) is 18.8 Å². The van der Waals surface area contributed by atoms with Crippen molar-refractivity contribution in [1.29, 1.82) is 0 Å². The van der Waals surface area contributed by atoms with Crippen molar-refractivity contribution < 1.29 is 4.39 Å². The lowest BCUT2D eigenvalue weighted by atomic mass is 9.95. The van der Waals surface area contributed by atoms with Gasteiger partial charge in [0.25, 0.3) is 0 Å². The Bertz CT molecular complexity index is 1060. The van der Waals surface area contributed by atoms with E-state index in [1.165, 1.54) is 0 Å². The van der Waals surface area contributed by atoms with Crippen LogP contribution < -0.4 is 11.1 Å². The Kier molecular flexibility index (Phi) is 5.58. The lowest BCUT2D eigenvalue weighted by Crippen LogP contribution is -2.11. The van der Waals surface area contributed by atoms with Crippen LogP contribution >= 0.6 is 0 Å². The molecule has 2 aliphatic carbocycles. The summed E-state index contributed by atoms with van der Waals surface area (Å²) in [7, 11) is 0. The normalized spacial score (nSPS) is 26.2. The van der Waals surface area contributed by atoms with Crippen LogP contribution in [-0.4, -0.2) is 4.98 Å². The van der Waals surface area contributed by atoms with E-state index >= 15 is 4.39 Å². The molecule has 3 N–H and O–H groups in total. The fourth-order valence-corrected chi connectivity index (χ4v) is 4.22. The molecule has 4 heteroatoms. The first kappa shape index (κ1) is 20.1. The second-order valence-electron chi connectivity index (χ2n) is 8.27. The zero-order valence-electron chi connectivity index (χ0n) is 17.6. The van der Waals surface area contributed by atoms with E-state index in [1.54, 1.807) is 6.08 Å². The maximum Gasteiger partial charge on any atom is 0.123 e. The molecule has 2 aliphatic rings. The Morgan fingerprint density at radius 2 is 2.00 bits per heavy atom. The van der Waals surface area contributed by atoms with Crippen molar-refractivity contribution in [2.24, 2.45) is 17.6 Å². The maximum atomic E-state index is 15.2. The molecule has 4 rings (SSSR count). The number of nitrogens with zero attached hydrogens (tertiary/aromatic N) is 1. The van der Waals surface area contributed by atoms with E-state index in [0.29, 0.717) is 17.7 Å². The van der Waals surface area contributed by atoms with Gasteiger partial charge in [-0.2, -0.15) is 0 Å².